The Bertz CT molecular complexity index is 547. The lowest BCUT2D eigenvalue weighted by molar-refractivity contribution is -0.386. The Balaban J connectivity index is 1.98. The summed E-state index contributed by atoms with van der Waals surface area (Å²) in [5.41, 5.74) is -0.131. The molecule has 0 aromatic heterocycles. The number of carbonyl (C=O) groups is 1. The zero-order valence-corrected chi connectivity index (χ0v) is 13.0. The molecule has 1 aromatic carbocycles. The van der Waals surface area contributed by atoms with Gasteiger partial charge < -0.3 is 10.1 Å². The molecule has 1 aliphatic carbocycles. The SMILES string of the molecule is C[C@@H]1CCCC[C@@H]1NC(=O)[C@@H](C)Oc1ccccc1[N+](=O)[O-]. The number of nitro groups is 1. The van der Waals surface area contributed by atoms with Crippen LogP contribution in [-0.2, 0) is 4.79 Å². The molecule has 6 nitrogen and oxygen atoms in total. The van der Waals surface area contributed by atoms with Gasteiger partial charge in [0, 0.05) is 12.1 Å². The molecule has 1 aliphatic rings. The van der Waals surface area contributed by atoms with E-state index in [4.69, 9.17) is 4.74 Å². The lowest BCUT2D eigenvalue weighted by Gasteiger charge is -2.30. The molecule has 1 fully saturated rings. The molecule has 120 valence electrons. The van der Waals surface area contributed by atoms with E-state index >= 15 is 0 Å². The molecule has 3 atom stereocenters. The van der Waals surface area contributed by atoms with Crippen molar-refractivity contribution in [3.8, 4) is 5.75 Å². The summed E-state index contributed by atoms with van der Waals surface area (Å²) < 4.78 is 5.49. The van der Waals surface area contributed by atoms with Crippen molar-refractivity contribution in [3.63, 3.8) is 0 Å². The summed E-state index contributed by atoms with van der Waals surface area (Å²) in [6, 6.07) is 6.25. The Morgan fingerprint density at radius 3 is 2.73 bits per heavy atom. The van der Waals surface area contributed by atoms with Crippen molar-refractivity contribution in [1.82, 2.24) is 5.32 Å². The van der Waals surface area contributed by atoms with Gasteiger partial charge in [-0.3, -0.25) is 14.9 Å². The van der Waals surface area contributed by atoms with Crippen molar-refractivity contribution in [1.29, 1.82) is 0 Å². The van der Waals surface area contributed by atoms with Crippen LogP contribution in [0.3, 0.4) is 0 Å². The van der Waals surface area contributed by atoms with Crippen molar-refractivity contribution in [2.24, 2.45) is 5.92 Å². The Morgan fingerprint density at radius 2 is 2.05 bits per heavy atom. The zero-order valence-electron chi connectivity index (χ0n) is 13.0. The molecule has 0 spiro atoms. The second kappa shape index (κ2) is 7.24. The minimum absolute atomic E-state index is 0.117. The number of nitrogens with zero attached hydrogens (tertiary/aromatic N) is 1. The van der Waals surface area contributed by atoms with Crippen molar-refractivity contribution in [2.75, 3.05) is 0 Å². The fourth-order valence-electron chi connectivity index (χ4n) is 2.78. The first-order valence-electron chi connectivity index (χ1n) is 7.69. The number of hydrogen-bond donors (Lipinski definition) is 1. The van der Waals surface area contributed by atoms with Gasteiger partial charge in [-0.25, -0.2) is 0 Å². The number of nitro benzene ring substituents is 1. The van der Waals surface area contributed by atoms with E-state index in [2.05, 4.69) is 12.2 Å². The monoisotopic (exact) mass is 306 g/mol. The number of carbonyl (C=O) groups excluding carboxylic acids is 1. The molecular formula is C16H22N2O4. The van der Waals surface area contributed by atoms with Gasteiger partial charge in [0.1, 0.15) is 0 Å². The summed E-state index contributed by atoms with van der Waals surface area (Å²) in [6.45, 7) is 3.75. The molecule has 1 N–H and O–H groups in total. The molecule has 6 heteroatoms. The van der Waals surface area contributed by atoms with Crippen molar-refractivity contribution >= 4 is 11.6 Å². The molecule has 0 radical (unpaired) electrons. The van der Waals surface area contributed by atoms with E-state index in [1.165, 1.54) is 18.6 Å². The second-order valence-electron chi connectivity index (χ2n) is 5.86. The third-order valence-corrected chi connectivity index (χ3v) is 4.17. The number of para-hydroxylation sites is 2. The minimum Gasteiger partial charge on any atom is -0.474 e. The van der Waals surface area contributed by atoms with Crippen LogP contribution in [-0.4, -0.2) is 23.0 Å². The first-order valence-corrected chi connectivity index (χ1v) is 7.69. The molecule has 22 heavy (non-hydrogen) atoms. The molecule has 0 unspecified atom stereocenters. The van der Waals surface area contributed by atoms with Crippen LogP contribution in [0.15, 0.2) is 24.3 Å². The molecule has 0 saturated heterocycles. The predicted octanol–water partition coefficient (Wildman–Crippen LogP) is 3.06. The fraction of sp³-hybridized carbons (Fsp3) is 0.562. The highest BCUT2D eigenvalue weighted by atomic mass is 16.6. The third-order valence-electron chi connectivity index (χ3n) is 4.17. The van der Waals surface area contributed by atoms with Gasteiger partial charge in [-0.2, -0.15) is 0 Å². The lowest BCUT2D eigenvalue weighted by atomic mass is 9.86. The normalized spacial score (nSPS) is 22.6. The maximum absolute atomic E-state index is 12.2. The van der Waals surface area contributed by atoms with E-state index in [0.29, 0.717) is 5.92 Å². The molecule has 0 aliphatic heterocycles. The Hall–Kier alpha value is -2.11. The second-order valence-corrected chi connectivity index (χ2v) is 5.86. The van der Waals surface area contributed by atoms with Gasteiger partial charge in [0.15, 0.2) is 11.9 Å². The number of rotatable bonds is 5. The van der Waals surface area contributed by atoms with Crippen LogP contribution in [0.25, 0.3) is 0 Å². The molecule has 1 aromatic rings. The largest absolute Gasteiger partial charge is 0.474 e. The average molecular weight is 306 g/mol. The van der Waals surface area contributed by atoms with Gasteiger partial charge in [-0.15, -0.1) is 0 Å². The number of benzene rings is 1. The van der Waals surface area contributed by atoms with Crippen LogP contribution in [0.1, 0.15) is 39.5 Å². The predicted molar refractivity (Wildman–Crippen MR) is 82.7 cm³/mol. The molecule has 1 saturated carbocycles. The highest BCUT2D eigenvalue weighted by molar-refractivity contribution is 5.81. The highest BCUT2D eigenvalue weighted by Gasteiger charge is 2.26. The Kier molecular flexibility index (Phi) is 5.35. The topological polar surface area (TPSA) is 81.5 Å². The summed E-state index contributed by atoms with van der Waals surface area (Å²) in [7, 11) is 0. The average Bonchev–Trinajstić information content (AvgIpc) is 2.49. The van der Waals surface area contributed by atoms with Gasteiger partial charge in [-0.1, -0.05) is 31.9 Å². The van der Waals surface area contributed by atoms with E-state index in [1.54, 1.807) is 19.1 Å². The first-order chi connectivity index (χ1) is 10.5. The van der Waals surface area contributed by atoms with Crippen LogP contribution in [0.4, 0.5) is 5.69 Å². The number of amides is 1. The number of nitrogens with one attached hydrogen (secondary N) is 1. The number of ether oxygens (including phenoxy) is 1. The maximum atomic E-state index is 12.2. The van der Waals surface area contributed by atoms with Crippen molar-refractivity contribution < 1.29 is 14.5 Å². The standard InChI is InChI=1S/C16H22N2O4/c1-11-7-3-4-8-13(11)17-16(19)12(2)22-15-10-6-5-9-14(15)18(20)21/h5-6,9-13H,3-4,7-8H2,1-2H3,(H,17,19)/t11-,12-,13+/m1/s1. The maximum Gasteiger partial charge on any atom is 0.310 e. The van der Waals surface area contributed by atoms with Crippen molar-refractivity contribution in [2.45, 2.75) is 51.7 Å². The van der Waals surface area contributed by atoms with Gasteiger partial charge in [0.2, 0.25) is 0 Å². The molecular weight excluding hydrogens is 284 g/mol. The first kappa shape index (κ1) is 16.3. The number of hydrogen-bond acceptors (Lipinski definition) is 4. The highest BCUT2D eigenvalue weighted by Crippen LogP contribution is 2.27. The lowest BCUT2D eigenvalue weighted by Crippen LogP contribution is -2.46. The Morgan fingerprint density at radius 1 is 1.36 bits per heavy atom. The fourth-order valence-corrected chi connectivity index (χ4v) is 2.78. The van der Waals surface area contributed by atoms with Gasteiger partial charge >= 0.3 is 5.69 Å². The smallest absolute Gasteiger partial charge is 0.310 e. The van der Waals surface area contributed by atoms with Gasteiger partial charge in [-0.05, 0) is 31.7 Å². The summed E-state index contributed by atoms with van der Waals surface area (Å²) >= 11 is 0. The molecule has 0 heterocycles. The van der Waals surface area contributed by atoms with E-state index in [-0.39, 0.29) is 23.4 Å². The van der Waals surface area contributed by atoms with E-state index in [1.807, 2.05) is 0 Å². The summed E-state index contributed by atoms with van der Waals surface area (Å²) in [5.74, 6) is 0.347. The Labute approximate surface area is 130 Å². The van der Waals surface area contributed by atoms with Gasteiger partial charge in [0.05, 0.1) is 4.92 Å². The molecule has 2 rings (SSSR count). The van der Waals surface area contributed by atoms with E-state index in [0.717, 1.165) is 19.3 Å². The zero-order chi connectivity index (χ0) is 16.1. The summed E-state index contributed by atoms with van der Waals surface area (Å²) in [6.07, 6.45) is 3.65. The quantitative estimate of drug-likeness (QED) is 0.669. The van der Waals surface area contributed by atoms with E-state index in [9.17, 15) is 14.9 Å². The third kappa shape index (κ3) is 3.96. The van der Waals surface area contributed by atoms with Crippen LogP contribution >= 0.6 is 0 Å². The van der Waals surface area contributed by atoms with Crippen molar-refractivity contribution in [3.05, 3.63) is 34.4 Å². The van der Waals surface area contributed by atoms with Crippen LogP contribution in [0, 0.1) is 16.0 Å². The molecule has 0 bridgehead atoms. The van der Waals surface area contributed by atoms with Crippen LogP contribution < -0.4 is 10.1 Å². The molecule has 1 amide bonds. The van der Waals surface area contributed by atoms with Crippen LogP contribution in [0.5, 0.6) is 5.75 Å². The van der Waals surface area contributed by atoms with E-state index < -0.39 is 11.0 Å². The minimum atomic E-state index is -0.768. The summed E-state index contributed by atoms with van der Waals surface area (Å²) in [5, 5.41) is 14.0. The van der Waals surface area contributed by atoms with Crippen LogP contribution in [0.2, 0.25) is 0 Å². The summed E-state index contributed by atoms with van der Waals surface area (Å²) in [4.78, 5) is 22.7. The van der Waals surface area contributed by atoms with Gasteiger partial charge in [0.25, 0.3) is 5.91 Å².